The molecule has 0 aromatic rings. The van der Waals surface area contributed by atoms with Crippen molar-refractivity contribution in [2.45, 2.75) is 98.2 Å². The monoisotopic (exact) mass is 554 g/mol. The highest BCUT2D eigenvalue weighted by molar-refractivity contribution is 8.41. The van der Waals surface area contributed by atoms with E-state index in [1.165, 1.54) is 43.3 Å². The fraction of sp³-hybridized carbons (Fsp3) is 0.724. The van der Waals surface area contributed by atoms with Gasteiger partial charge < -0.3 is 9.05 Å². The maximum absolute atomic E-state index is 6.19. The molecule has 3 rings (SSSR count). The molecule has 3 fully saturated rings. The van der Waals surface area contributed by atoms with E-state index < -0.39 is 7.53 Å². The summed E-state index contributed by atoms with van der Waals surface area (Å²) in [5.74, 6) is 3.08. The normalized spacial score (nSPS) is 36.3. The van der Waals surface area contributed by atoms with Crippen molar-refractivity contribution in [3.63, 3.8) is 0 Å². The summed E-state index contributed by atoms with van der Waals surface area (Å²) < 4.78 is 11.8. The van der Waals surface area contributed by atoms with Crippen LogP contribution in [0.2, 0.25) is 0 Å². The van der Waals surface area contributed by atoms with Crippen molar-refractivity contribution in [3.05, 3.63) is 47.6 Å². The second-order valence-electron chi connectivity index (χ2n) is 12.3. The lowest BCUT2D eigenvalue weighted by atomic mass is 9.61. The van der Waals surface area contributed by atoms with Crippen LogP contribution in [0.3, 0.4) is 0 Å². The van der Waals surface area contributed by atoms with Gasteiger partial charge in [-0.3, -0.25) is 0 Å². The summed E-state index contributed by atoms with van der Waals surface area (Å²) >= 11 is 0. The molecule has 0 aromatic heterocycles. The minimum absolute atomic E-state index is 0.144. The summed E-state index contributed by atoms with van der Waals surface area (Å²) in [6.07, 6.45) is 18.7. The molecule has 0 aromatic carbocycles. The molecule has 0 amide bonds. The number of hydrogen-bond donors (Lipinski definition) is 0. The smallest absolute Gasteiger partial charge is 0.0860 e. The van der Waals surface area contributed by atoms with E-state index in [2.05, 4.69) is 99.7 Å². The van der Waals surface area contributed by atoms with Crippen LogP contribution < -0.4 is 0 Å². The summed E-state index contributed by atoms with van der Waals surface area (Å²) in [4.78, 5) is 0. The Morgan fingerprint density at radius 2 is 1.89 bits per heavy atom. The van der Waals surface area contributed by atoms with E-state index in [4.69, 9.17) is 9.05 Å². The number of rotatable bonds is 8. The van der Waals surface area contributed by atoms with E-state index in [9.17, 15) is 0 Å². The van der Waals surface area contributed by atoms with Gasteiger partial charge in [-0.2, -0.15) is 0 Å². The Balaban J connectivity index is 1.73. The molecule has 5 unspecified atom stereocenters. The average Bonchev–Trinajstić information content (AvgIpc) is 3.14. The Labute approximate surface area is 224 Å². The van der Waals surface area contributed by atoms with Crippen LogP contribution in [0.15, 0.2) is 47.6 Å². The summed E-state index contributed by atoms with van der Waals surface area (Å²) in [6, 6.07) is 0. The maximum atomic E-state index is 6.19. The largest absolute Gasteiger partial charge is 0.358 e. The van der Waals surface area contributed by atoms with Gasteiger partial charge in [0.05, 0.1) is 19.2 Å². The molecule has 0 aliphatic heterocycles. The van der Waals surface area contributed by atoms with Crippen LogP contribution in [-0.2, 0) is 9.05 Å². The first-order chi connectivity index (χ1) is 16.4. The minimum atomic E-state index is -0.522. The van der Waals surface area contributed by atoms with Gasteiger partial charge in [-0.1, -0.05) is 82.0 Å². The van der Waals surface area contributed by atoms with E-state index in [1.807, 2.05) is 0 Å². The molecular formula is C29H50O2P4. The van der Waals surface area contributed by atoms with Gasteiger partial charge >= 0.3 is 0 Å². The van der Waals surface area contributed by atoms with Crippen LogP contribution in [0.25, 0.3) is 0 Å². The van der Waals surface area contributed by atoms with Gasteiger partial charge in [0, 0.05) is 15.4 Å². The van der Waals surface area contributed by atoms with Crippen LogP contribution in [0.1, 0.15) is 86.5 Å². The fourth-order valence-corrected chi connectivity index (χ4v) is 9.65. The molecule has 0 heterocycles. The molecule has 198 valence electrons. The SMILES string of the molecule is C=C1/C(=C\C=C2/CCC[C@]3(C)C([C@H](C)/C=C/C(C)C(C)(C)OP(P)P)CC[C@@H]23)C[C@@H](C)C[C@@H]1OP. The molecule has 0 spiro atoms. The zero-order valence-corrected chi connectivity index (χ0v) is 27.3. The number of fused-ring (bicyclic) bond motifs is 1. The third kappa shape index (κ3) is 7.17. The van der Waals surface area contributed by atoms with Crippen molar-refractivity contribution in [3.8, 4) is 0 Å². The second-order valence-corrected chi connectivity index (χ2v) is 18.3. The van der Waals surface area contributed by atoms with E-state index >= 15 is 0 Å². The van der Waals surface area contributed by atoms with Gasteiger partial charge in [-0.25, -0.2) is 0 Å². The van der Waals surface area contributed by atoms with Gasteiger partial charge in [-0.15, -0.1) is 0 Å². The van der Waals surface area contributed by atoms with E-state index in [1.54, 1.807) is 5.57 Å². The predicted octanol–water partition coefficient (Wildman–Crippen LogP) is 9.82. The first-order valence-corrected chi connectivity index (χ1v) is 18.5. The topological polar surface area (TPSA) is 18.5 Å². The van der Waals surface area contributed by atoms with Crippen molar-refractivity contribution in [2.24, 2.45) is 35.0 Å². The standard InChI is InChI=1S/C29H50O2P4/c1-19-17-24(22(4)27(18-19)30-32)13-12-23-9-8-16-29(7)25(14-15-26(23)29)20(2)10-11-21(3)28(5,6)31-35(33)34/h10-13,19-21,25-27H,4,8-9,14-18,32-34H2,1-3,5-7H3/b11-10+,23-12+,24-13-/t19-,20-,21?,25?,26+,27+,29-/m1/s1. The summed E-state index contributed by atoms with van der Waals surface area (Å²) in [5, 5.41) is 0. The zero-order chi connectivity index (χ0) is 26.0. The van der Waals surface area contributed by atoms with Crippen molar-refractivity contribution >= 4 is 34.8 Å². The molecule has 10 atom stereocenters. The molecule has 35 heavy (non-hydrogen) atoms. The lowest BCUT2D eigenvalue weighted by Crippen LogP contribution is -2.35. The maximum Gasteiger partial charge on any atom is 0.0860 e. The van der Waals surface area contributed by atoms with Gasteiger partial charge in [0.15, 0.2) is 0 Å². The molecule has 0 radical (unpaired) electrons. The molecule has 3 aliphatic rings. The highest BCUT2D eigenvalue weighted by Crippen LogP contribution is 2.60. The summed E-state index contributed by atoms with van der Waals surface area (Å²) in [7, 11) is 7.50. The molecule has 0 saturated heterocycles. The average molecular weight is 555 g/mol. The Morgan fingerprint density at radius 1 is 1.17 bits per heavy atom. The van der Waals surface area contributed by atoms with Crippen LogP contribution in [-0.4, -0.2) is 11.7 Å². The first kappa shape index (κ1) is 30.1. The Kier molecular flexibility index (Phi) is 10.9. The Hall–Kier alpha value is 0.600. The molecule has 3 aliphatic carbocycles. The zero-order valence-electron chi connectivity index (χ0n) is 22.9. The van der Waals surface area contributed by atoms with Gasteiger partial charge in [0.1, 0.15) is 0 Å². The molecular weight excluding hydrogens is 504 g/mol. The highest BCUT2D eigenvalue weighted by atomic mass is 32.4. The van der Waals surface area contributed by atoms with Crippen LogP contribution in [0.5, 0.6) is 0 Å². The van der Waals surface area contributed by atoms with Crippen LogP contribution >= 0.6 is 34.8 Å². The Morgan fingerprint density at radius 3 is 2.54 bits per heavy atom. The first-order valence-electron chi connectivity index (χ1n) is 13.5. The van der Waals surface area contributed by atoms with Crippen LogP contribution in [0.4, 0.5) is 0 Å². The van der Waals surface area contributed by atoms with Crippen molar-refractivity contribution < 1.29 is 9.05 Å². The van der Waals surface area contributed by atoms with E-state index in [0.717, 1.165) is 18.8 Å². The summed E-state index contributed by atoms with van der Waals surface area (Å²) in [5.41, 5.74) is 4.49. The quantitative estimate of drug-likeness (QED) is 0.220. The molecule has 0 N–H and O–H groups in total. The third-order valence-electron chi connectivity index (χ3n) is 9.46. The lowest BCUT2D eigenvalue weighted by Gasteiger charge is -2.44. The van der Waals surface area contributed by atoms with Gasteiger partial charge in [0.25, 0.3) is 0 Å². The van der Waals surface area contributed by atoms with E-state index in [0.29, 0.717) is 29.1 Å². The molecule has 3 saturated carbocycles. The lowest BCUT2D eigenvalue weighted by molar-refractivity contribution is 0.0920. The highest BCUT2D eigenvalue weighted by Gasteiger charge is 2.50. The molecule has 2 nitrogen and oxygen atoms in total. The molecule has 0 bridgehead atoms. The fourth-order valence-electron chi connectivity index (χ4n) is 7.03. The van der Waals surface area contributed by atoms with Gasteiger partial charge in [-0.05, 0) is 99.0 Å². The van der Waals surface area contributed by atoms with Crippen molar-refractivity contribution in [2.75, 3.05) is 0 Å². The van der Waals surface area contributed by atoms with Crippen LogP contribution in [0, 0.1) is 35.0 Å². The van der Waals surface area contributed by atoms with E-state index in [-0.39, 0.29) is 11.7 Å². The predicted molar refractivity (Wildman–Crippen MR) is 165 cm³/mol. The van der Waals surface area contributed by atoms with Crippen molar-refractivity contribution in [1.82, 2.24) is 0 Å². The number of hydrogen-bond acceptors (Lipinski definition) is 2. The Bertz CT molecular complexity index is 846. The minimum Gasteiger partial charge on any atom is -0.358 e. The number of allylic oxidation sites excluding steroid dienone is 4. The second kappa shape index (κ2) is 12.6. The molecule has 6 heteroatoms. The van der Waals surface area contributed by atoms with Gasteiger partial charge in [0.2, 0.25) is 0 Å². The van der Waals surface area contributed by atoms with Crippen molar-refractivity contribution in [1.29, 1.82) is 0 Å². The third-order valence-corrected chi connectivity index (χ3v) is 11.1. The summed E-state index contributed by atoms with van der Waals surface area (Å²) in [6.45, 7) is 18.5.